The third-order valence-corrected chi connectivity index (χ3v) is 3.02. The molecule has 0 saturated carbocycles. The van der Waals surface area contributed by atoms with E-state index in [0.29, 0.717) is 23.7 Å². The monoisotopic (exact) mass is 266 g/mol. The Balaban J connectivity index is 2.80. The molecule has 19 heavy (non-hydrogen) atoms. The Morgan fingerprint density at radius 3 is 2.63 bits per heavy atom. The predicted octanol–water partition coefficient (Wildman–Crippen LogP) is 1.65. The number of likely N-dealkylation sites (N-methyl/N-ethyl adjacent to an activating group) is 1. The van der Waals surface area contributed by atoms with Gasteiger partial charge in [-0.05, 0) is 34.9 Å². The quantitative estimate of drug-likeness (QED) is 0.626. The summed E-state index contributed by atoms with van der Waals surface area (Å²) in [5.74, 6) is 0. The Morgan fingerprint density at radius 2 is 2.11 bits per heavy atom. The number of pyridine rings is 1. The second-order valence-electron chi connectivity index (χ2n) is 5.16. The van der Waals surface area contributed by atoms with Crippen molar-refractivity contribution in [2.45, 2.75) is 33.4 Å². The van der Waals surface area contributed by atoms with E-state index in [0.717, 1.165) is 12.2 Å². The van der Waals surface area contributed by atoms with Crippen LogP contribution in [0.5, 0.6) is 0 Å². The minimum Gasteiger partial charge on any atom is -0.308 e. The summed E-state index contributed by atoms with van der Waals surface area (Å²) in [6.07, 6.45) is 1.57. The van der Waals surface area contributed by atoms with Crippen molar-refractivity contribution in [2.24, 2.45) is 0 Å². The van der Waals surface area contributed by atoms with E-state index >= 15 is 0 Å². The standard InChI is InChI=1S/C13H22N4O2/c1-9-6-15-12(11(3)13(9)17(18)19)7-14-10(2)8-16(4)5/h6,10,14H,7-8H2,1-5H3. The van der Waals surface area contributed by atoms with Gasteiger partial charge in [0.25, 0.3) is 5.69 Å². The first kappa shape index (κ1) is 15.5. The molecular weight excluding hydrogens is 244 g/mol. The number of rotatable bonds is 6. The van der Waals surface area contributed by atoms with Gasteiger partial charge in [-0.1, -0.05) is 0 Å². The van der Waals surface area contributed by atoms with Crippen molar-refractivity contribution in [3.8, 4) is 0 Å². The van der Waals surface area contributed by atoms with Crippen LogP contribution < -0.4 is 5.32 Å². The van der Waals surface area contributed by atoms with E-state index in [-0.39, 0.29) is 10.6 Å². The normalized spacial score (nSPS) is 12.7. The highest BCUT2D eigenvalue weighted by atomic mass is 16.6. The molecule has 1 unspecified atom stereocenters. The molecule has 0 fully saturated rings. The van der Waals surface area contributed by atoms with E-state index in [4.69, 9.17) is 0 Å². The van der Waals surface area contributed by atoms with Crippen molar-refractivity contribution in [1.29, 1.82) is 0 Å². The zero-order valence-electron chi connectivity index (χ0n) is 12.2. The van der Waals surface area contributed by atoms with Gasteiger partial charge in [-0.2, -0.15) is 0 Å². The molecule has 0 radical (unpaired) electrons. The van der Waals surface area contributed by atoms with Crippen LogP contribution in [0.25, 0.3) is 0 Å². The zero-order valence-corrected chi connectivity index (χ0v) is 12.2. The van der Waals surface area contributed by atoms with Gasteiger partial charge in [0.2, 0.25) is 0 Å². The Labute approximate surface area is 114 Å². The van der Waals surface area contributed by atoms with E-state index in [1.807, 2.05) is 14.1 Å². The van der Waals surface area contributed by atoms with Gasteiger partial charge in [-0.3, -0.25) is 15.1 Å². The number of hydrogen-bond acceptors (Lipinski definition) is 5. The topological polar surface area (TPSA) is 71.3 Å². The Hall–Kier alpha value is -1.53. The summed E-state index contributed by atoms with van der Waals surface area (Å²) < 4.78 is 0. The minimum atomic E-state index is -0.334. The third kappa shape index (κ3) is 4.25. The maximum Gasteiger partial charge on any atom is 0.278 e. The number of aromatic nitrogens is 1. The molecule has 0 amide bonds. The summed E-state index contributed by atoms with van der Waals surface area (Å²) >= 11 is 0. The molecule has 6 nitrogen and oxygen atoms in total. The third-order valence-electron chi connectivity index (χ3n) is 3.02. The number of aryl methyl sites for hydroxylation is 1. The van der Waals surface area contributed by atoms with Gasteiger partial charge in [-0.15, -0.1) is 0 Å². The fraction of sp³-hybridized carbons (Fsp3) is 0.615. The Bertz CT molecular complexity index is 460. The molecule has 0 spiro atoms. The van der Waals surface area contributed by atoms with Gasteiger partial charge in [0, 0.05) is 36.5 Å². The maximum absolute atomic E-state index is 11.0. The molecule has 0 aliphatic carbocycles. The van der Waals surface area contributed by atoms with Crippen LogP contribution in [-0.2, 0) is 6.54 Å². The van der Waals surface area contributed by atoms with Crippen LogP contribution in [0, 0.1) is 24.0 Å². The van der Waals surface area contributed by atoms with Gasteiger partial charge in [0.1, 0.15) is 0 Å². The van der Waals surface area contributed by atoms with Crippen LogP contribution in [0.1, 0.15) is 23.7 Å². The molecule has 0 bridgehead atoms. The van der Waals surface area contributed by atoms with Crippen molar-refractivity contribution in [1.82, 2.24) is 15.2 Å². The smallest absolute Gasteiger partial charge is 0.278 e. The van der Waals surface area contributed by atoms with Crippen LogP contribution in [0.4, 0.5) is 5.69 Å². The summed E-state index contributed by atoms with van der Waals surface area (Å²) in [7, 11) is 4.02. The highest BCUT2D eigenvalue weighted by Crippen LogP contribution is 2.23. The largest absolute Gasteiger partial charge is 0.308 e. The summed E-state index contributed by atoms with van der Waals surface area (Å²) in [5, 5.41) is 14.4. The van der Waals surface area contributed by atoms with E-state index in [1.54, 1.807) is 20.0 Å². The second kappa shape index (κ2) is 6.58. The summed E-state index contributed by atoms with van der Waals surface area (Å²) in [6, 6.07) is 0.302. The van der Waals surface area contributed by atoms with Crippen molar-refractivity contribution in [2.75, 3.05) is 20.6 Å². The molecule has 0 aromatic carbocycles. The lowest BCUT2D eigenvalue weighted by Crippen LogP contribution is -2.35. The molecule has 0 saturated heterocycles. The van der Waals surface area contributed by atoms with Crippen LogP contribution in [-0.4, -0.2) is 41.5 Å². The fourth-order valence-corrected chi connectivity index (χ4v) is 2.11. The first-order chi connectivity index (χ1) is 8.82. The highest BCUT2D eigenvalue weighted by molar-refractivity contribution is 5.47. The minimum absolute atomic E-state index is 0.173. The van der Waals surface area contributed by atoms with E-state index in [2.05, 4.69) is 22.1 Å². The Kier molecular flexibility index (Phi) is 5.38. The number of nitro groups is 1. The molecule has 0 aliphatic heterocycles. The van der Waals surface area contributed by atoms with Crippen LogP contribution in [0.3, 0.4) is 0 Å². The van der Waals surface area contributed by atoms with Crippen molar-refractivity contribution < 1.29 is 4.92 Å². The lowest BCUT2D eigenvalue weighted by atomic mass is 10.1. The van der Waals surface area contributed by atoms with Gasteiger partial charge in [-0.25, -0.2) is 0 Å². The van der Waals surface area contributed by atoms with Crippen LogP contribution in [0.2, 0.25) is 0 Å². The van der Waals surface area contributed by atoms with Gasteiger partial charge >= 0.3 is 0 Å². The number of hydrogen-bond donors (Lipinski definition) is 1. The van der Waals surface area contributed by atoms with Crippen molar-refractivity contribution in [3.63, 3.8) is 0 Å². The molecule has 1 heterocycles. The van der Waals surface area contributed by atoms with Crippen molar-refractivity contribution in [3.05, 3.63) is 33.1 Å². The molecule has 1 atom stereocenters. The summed E-state index contributed by atoms with van der Waals surface area (Å²) in [5.41, 5.74) is 2.16. The molecule has 1 aromatic heterocycles. The van der Waals surface area contributed by atoms with Crippen LogP contribution in [0.15, 0.2) is 6.20 Å². The van der Waals surface area contributed by atoms with Gasteiger partial charge in [0.15, 0.2) is 0 Å². The summed E-state index contributed by atoms with van der Waals surface area (Å²) in [6.45, 7) is 7.00. The molecule has 1 rings (SSSR count). The maximum atomic E-state index is 11.0. The molecule has 0 aliphatic rings. The average Bonchev–Trinajstić information content (AvgIpc) is 2.26. The van der Waals surface area contributed by atoms with Gasteiger partial charge in [0.05, 0.1) is 10.6 Å². The average molecular weight is 266 g/mol. The zero-order chi connectivity index (χ0) is 14.6. The summed E-state index contributed by atoms with van der Waals surface area (Å²) in [4.78, 5) is 17.1. The van der Waals surface area contributed by atoms with E-state index < -0.39 is 0 Å². The van der Waals surface area contributed by atoms with Crippen LogP contribution >= 0.6 is 0 Å². The first-order valence-corrected chi connectivity index (χ1v) is 6.30. The number of nitrogens with zero attached hydrogens (tertiary/aromatic N) is 3. The molecule has 106 valence electrons. The number of nitrogens with one attached hydrogen (secondary N) is 1. The van der Waals surface area contributed by atoms with Crippen molar-refractivity contribution >= 4 is 5.69 Å². The predicted molar refractivity (Wildman–Crippen MR) is 75.2 cm³/mol. The first-order valence-electron chi connectivity index (χ1n) is 6.30. The van der Waals surface area contributed by atoms with Gasteiger partial charge < -0.3 is 10.2 Å². The SMILES string of the molecule is Cc1cnc(CNC(C)CN(C)C)c(C)c1[N+](=O)[O-]. The second-order valence-corrected chi connectivity index (χ2v) is 5.16. The lowest BCUT2D eigenvalue weighted by Gasteiger charge is -2.18. The van der Waals surface area contributed by atoms with E-state index in [1.165, 1.54) is 0 Å². The molecule has 6 heteroatoms. The molecular formula is C13H22N4O2. The Morgan fingerprint density at radius 1 is 1.47 bits per heavy atom. The lowest BCUT2D eigenvalue weighted by molar-refractivity contribution is -0.386. The molecule has 1 aromatic rings. The molecule has 1 N–H and O–H groups in total. The van der Waals surface area contributed by atoms with E-state index in [9.17, 15) is 10.1 Å². The fourth-order valence-electron chi connectivity index (χ4n) is 2.11. The highest BCUT2D eigenvalue weighted by Gasteiger charge is 2.18.